The van der Waals surface area contributed by atoms with E-state index in [2.05, 4.69) is 10.3 Å². The second-order valence-electron chi connectivity index (χ2n) is 4.16. The quantitative estimate of drug-likeness (QED) is 0.788. The lowest BCUT2D eigenvalue weighted by Gasteiger charge is -2.12. The van der Waals surface area contributed by atoms with Gasteiger partial charge in [0.05, 0.1) is 11.7 Å². The molecule has 1 atom stereocenters. The molecule has 20 heavy (non-hydrogen) atoms. The third-order valence-electron chi connectivity index (χ3n) is 2.79. The molecule has 0 fully saturated rings. The molecule has 0 bridgehead atoms. The minimum atomic E-state index is -1.13. The van der Waals surface area contributed by atoms with E-state index in [0.29, 0.717) is 0 Å². The molecule has 0 saturated carbocycles. The van der Waals surface area contributed by atoms with Crippen molar-refractivity contribution in [2.45, 2.75) is 6.10 Å². The summed E-state index contributed by atoms with van der Waals surface area (Å²) >= 11 is 0. The normalized spacial score (nSPS) is 11.7. The molecular formula is C14H12FN3O2. The van der Waals surface area contributed by atoms with Gasteiger partial charge >= 0.3 is 0 Å². The van der Waals surface area contributed by atoms with Crippen LogP contribution in [0.1, 0.15) is 27.7 Å². The molecule has 1 aromatic carbocycles. The Labute approximate surface area is 114 Å². The number of aliphatic hydroxyl groups excluding tert-OH is 1. The SMILES string of the molecule is N#Cc1cc(C(=O)NCC(O)c2ccccc2F)c[nH]1. The second kappa shape index (κ2) is 5.99. The predicted octanol–water partition coefficient (Wildman–Crippen LogP) is 1.49. The summed E-state index contributed by atoms with van der Waals surface area (Å²) in [6, 6.07) is 9.08. The molecule has 0 aliphatic rings. The summed E-state index contributed by atoms with van der Waals surface area (Å²) in [7, 11) is 0. The van der Waals surface area contributed by atoms with Crippen LogP contribution in [0.15, 0.2) is 36.5 Å². The van der Waals surface area contributed by atoms with Crippen LogP contribution in [0.25, 0.3) is 0 Å². The van der Waals surface area contributed by atoms with Crippen molar-refractivity contribution in [1.82, 2.24) is 10.3 Å². The van der Waals surface area contributed by atoms with Gasteiger partial charge in [0.2, 0.25) is 0 Å². The maximum Gasteiger partial charge on any atom is 0.252 e. The van der Waals surface area contributed by atoms with Crippen LogP contribution < -0.4 is 5.32 Å². The number of amides is 1. The Morgan fingerprint density at radius 1 is 1.50 bits per heavy atom. The first-order chi connectivity index (χ1) is 9.61. The van der Waals surface area contributed by atoms with E-state index in [4.69, 9.17) is 5.26 Å². The Bertz CT molecular complexity index is 660. The number of nitrogens with one attached hydrogen (secondary N) is 2. The van der Waals surface area contributed by atoms with E-state index in [-0.39, 0.29) is 23.4 Å². The van der Waals surface area contributed by atoms with E-state index in [9.17, 15) is 14.3 Å². The van der Waals surface area contributed by atoms with Gasteiger partial charge in [0, 0.05) is 18.3 Å². The first kappa shape index (κ1) is 13.8. The van der Waals surface area contributed by atoms with Crippen LogP contribution in [-0.4, -0.2) is 22.5 Å². The van der Waals surface area contributed by atoms with Gasteiger partial charge < -0.3 is 15.4 Å². The fourth-order valence-corrected chi connectivity index (χ4v) is 1.74. The van der Waals surface area contributed by atoms with Gasteiger partial charge in [-0.25, -0.2) is 4.39 Å². The highest BCUT2D eigenvalue weighted by Crippen LogP contribution is 2.15. The van der Waals surface area contributed by atoms with E-state index in [0.717, 1.165) is 0 Å². The molecule has 0 aliphatic heterocycles. The number of H-pyrrole nitrogens is 1. The second-order valence-corrected chi connectivity index (χ2v) is 4.16. The van der Waals surface area contributed by atoms with Gasteiger partial charge in [0.15, 0.2) is 0 Å². The fourth-order valence-electron chi connectivity index (χ4n) is 1.74. The third-order valence-corrected chi connectivity index (χ3v) is 2.79. The molecule has 1 aromatic heterocycles. The van der Waals surface area contributed by atoms with Crippen molar-refractivity contribution in [3.63, 3.8) is 0 Å². The number of hydrogen-bond acceptors (Lipinski definition) is 3. The van der Waals surface area contributed by atoms with Gasteiger partial charge in [-0.15, -0.1) is 0 Å². The Morgan fingerprint density at radius 3 is 2.90 bits per heavy atom. The fraction of sp³-hybridized carbons (Fsp3) is 0.143. The molecular weight excluding hydrogens is 261 g/mol. The van der Waals surface area contributed by atoms with Crippen LogP contribution in [-0.2, 0) is 0 Å². The summed E-state index contributed by atoms with van der Waals surface area (Å²) in [5, 5.41) is 20.9. The predicted molar refractivity (Wildman–Crippen MR) is 69.2 cm³/mol. The number of aliphatic hydroxyl groups is 1. The van der Waals surface area contributed by atoms with Crippen molar-refractivity contribution >= 4 is 5.91 Å². The molecule has 6 heteroatoms. The zero-order valence-corrected chi connectivity index (χ0v) is 10.4. The lowest BCUT2D eigenvalue weighted by Crippen LogP contribution is -2.28. The lowest BCUT2D eigenvalue weighted by atomic mass is 10.1. The Kier molecular flexibility index (Phi) is 4.13. The first-order valence-electron chi connectivity index (χ1n) is 5.91. The van der Waals surface area contributed by atoms with E-state index in [1.807, 2.05) is 6.07 Å². The highest BCUT2D eigenvalue weighted by atomic mass is 19.1. The number of rotatable bonds is 4. The van der Waals surface area contributed by atoms with Crippen molar-refractivity contribution < 1.29 is 14.3 Å². The molecule has 1 unspecified atom stereocenters. The number of aromatic amines is 1. The van der Waals surface area contributed by atoms with Gasteiger partial charge in [-0.2, -0.15) is 5.26 Å². The van der Waals surface area contributed by atoms with Crippen molar-refractivity contribution in [2.75, 3.05) is 6.54 Å². The summed E-state index contributed by atoms with van der Waals surface area (Å²) in [5.74, 6) is -0.971. The Balaban J connectivity index is 1.97. The van der Waals surface area contributed by atoms with Gasteiger partial charge in [0.25, 0.3) is 5.91 Å². The number of halogens is 1. The van der Waals surface area contributed by atoms with Crippen molar-refractivity contribution in [1.29, 1.82) is 5.26 Å². The molecule has 2 rings (SSSR count). The highest BCUT2D eigenvalue weighted by Gasteiger charge is 2.14. The minimum absolute atomic E-state index is 0.118. The van der Waals surface area contributed by atoms with Crippen LogP contribution in [0, 0.1) is 17.1 Å². The largest absolute Gasteiger partial charge is 0.386 e. The number of aromatic nitrogens is 1. The highest BCUT2D eigenvalue weighted by molar-refractivity contribution is 5.94. The van der Waals surface area contributed by atoms with Gasteiger partial charge in [0.1, 0.15) is 17.6 Å². The minimum Gasteiger partial charge on any atom is -0.386 e. The average Bonchev–Trinajstić information content (AvgIpc) is 2.94. The van der Waals surface area contributed by atoms with E-state index in [1.165, 1.54) is 30.5 Å². The summed E-state index contributed by atoms with van der Waals surface area (Å²) in [6.07, 6.45) is 0.262. The Morgan fingerprint density at radius 2 is 2.25 bits per heavy atom. The average molecular weight is 273 g/mol. The number of carbonyl (C=O) groups is 1. The van der Waals surface area contributed by atoms with Crippen LogP contribution in [0.4, 0.5) is 4.39 Å². The summed E-state index contributed by atoms with van der Waals surface area (Å²) < 4.78 is 13.4. The molecule has 0 saturated heterocycles. The van der Waals surface area contributed by atoms with Crippen LogP contribution >= 0.6 is 0 Å². The molecule has 0 aliphatic carbocycles. The molecule has 1 heterocycles. The molecule has 0 radical (unpaired) electrons. The number of nitriles is 1. The molecule has 5 nitrogen and oxygen atoms in total. The number of nitrogens with zero attached hydrogens (tertiary/aromatic N) is 1. The van der Waals surface area contributed by atoms with Gasteiger partial charge in [-0.3, -0.25) is 4.79 Å². The van der Waals surface area contributed by atoms with Crippen molar-refractivity contribution in [3.05, 3.63) is 59.2 Å². The van der Waals surface area contributed by atoms with Crippen LogP contribution in [0.3, 0.4) is 0 Å². The van der Waals surface area contributed by atoms with E-state index in [1.54, 1.807) is 6.07 Å². The first-order valence-corrected chi connectivity index (χ1v) is 5.91. The Hall–Kier alpha value is -2.65. The molecule has 2 aromatic rings. The lowest BCUT2D eigenvalue weighted by molar-refractivity contribution is 0.0914. The molecule has 102 valence electrons. The van der Waals surface area contributed by atoms with Crippen LogP contribution in [0.5, 0.6) is 0 Å². The number of hydrogen-bond donors (Lipinski definition) is 3. The van der Waals surface area contributed by atoms with Crippen molar-refractivity contribution in [2.24, 2.45) is 0 Å². The summed E-state index contributed by atoms with van der Waals surface area (Å²) in [5.41, 5.74) is 0.673. The number of carbonyl (C=O) groups excluding carboxylic acids is 1. The molecule has 3 N–H and O–H groups in total. The summed E-state index contributed by atoms with van der Waals surface area (Å²) in [4.78, 5) is 14.4. The molecule has 1 amide bonds. The van der Waals surface area contributed by atoms with Crippen molar-refractivity contribution in [3.8, 4) is 6.07 Å². The summed E-state index contributed by atoms with van der Waals surface area (Å²) in [6.45, 7) is -0.118. The van der Waals surface area contributed by atoms with Gasteiger partial charge in [-0.1, -0.05) is 18.2 Å². The van der Waals surface area contributed by atoms with Gasteiger partial charge in [-0.05, 0) is 12.1 Å². The maximum absolute atomic E-state index is 13.4. The number of benzene rings is 1. The van der Waals surface area contributed by atoms with Crippen LogP contribution in [0.2, 0.25) is 0 Å². The van der Waals surface area contributed by atoms with E-state index < -0.39 is 17.8 Å². The zero-order valence-electron chi connectivity index (χ0n) is 10.4. The maximum atomic E-state index is 13.4. The topological polar surface area (TPSA) is 88.9 Å². The standard InChI is InChI=1S/C14H12FN3O2/c15-12-4-2-1-3-11(12)13(19)8-18-14(20)9-5-10(6-16)17-7-9/h1-5,7,13,17,19H,8H2,(H,18,20). The smallest absolute Gasteiger partial charge is 0.252 e. The monoisotopic (exact) mass is 273 g/mol. The zero-order chi connectivity index (χ0) is 14.5. The molecule has 0 spiro atoms. The third kappa shape index (κ3) is 3.02. The van der Waals surface area contributed by atoms with E-state index >= 15 is 0 Å².